The van der Waals surface area contributed by atoms with Gasteiger partial charge in [0.1, 0.15) is 6.17 Å². The normalized spacial score (nSPS) is 13.0. The lowest BCUT2D eigenvalue weighted by atomic mass is 10.5. The van der Waals surface area contributed by atoms with Gasteiger partial charge in [-0.3, -0.25) is 5.73 Å². The van der Waals surface area contributed by atoms with Gasteiger partial charge < -0.3 is 16.9 Å². The van der Waals surface area contributed by atoms with E-state index in [-0.39, 0.29) is 31.0 Å². The van der Waals surface area contributed by atoms with Gasteiger partial charge in [-0.25, -0.2) is 0 Å². The van der Waals surface area contributed by atoms with Gasteiger partial charge in [0.05, 0.1) is 21.1 Å². The number of nitrogens with two attached hydrogens (primary N) is 1. The zero-order chi connectivity index (χ0) is 6.08. The van der Waals surface area contributed by atoms with Crippen molar-refractivity contribution < 1.29 is 16.9 Å². The van der Waals surface area contributed by atoms with Crippen LogP contribution in [0.5, 0.6) is 0 Å². The average Bonchev–Trinajstić information content (AvgIpc) is 1.31. The molecule has 0 bridgehead atoms. The maximum Gasteiger partial charge on any atom is 0.136 e. The molecule has 0 amide bonds. The van der Waals surface area contributed by atoms with Crippen LogP contribution in [0.3, 0.4) is 0 Å². The van der Waals surface area contributed by atoms with Crippen LogP contribution in [0.1, 0.15) is 6.92 Å². The maximum atomic E-state index is 5.54. The monoisotopic (exact) mass is 174 g/mol. The summed E-state index contributed by atoms with van der Waals surface area (Å²) in [6, 6.07) is 0. The summed E-state index contributed by atoms with van der Waals surface area (Å²) in [4.78, 5) is 0. The molecule has 1 unspecified atom stereocenters. The molecule has 0 heterocycles. The quantitative estimate of drug-likeness (QED) is 0.344. The number of quaternary nitrogens is 1. The average molecular weight is 175 g/mol. The summed E-state index contributed by atoms with van der Waals surface area (Å²) in [6.07, 6.45) is 0.236. The second-order valence-electron chi connectivity index (χ2n) is 2.86. The number of halogens is 2. The molecular formula is C5H16Cl2N2. The standard InChI is InChI=1S/C5H15N2.2ClH/c1-5(6)7(2,3)4;;/h5H,6H2,1-4H3;2*1H/q+1;;/p-1. The minimum atomic E-state index is 0. The summed E-state index contributed by atoms with van der Waals surface area (Å²) in [5, 5.41) is 0. The first-order valence-corrected chi connectivity index (χ1v) is 2.51. The highest BCUT2D eigenvalue weighted by Gasteiger charge is 2.10. The summed E-state index contributed by atoms with van der Waals surface area (Å²) in [5.74, 6) is 0. The molecule has 0 rings (SSSR count). The van der Waals surface area contributed by atoms with E-state index in [4.69, 9.17) is 5.73 Å². The van der Waals surface area contributed by atoms with Gasteiger partial charge in [0.25, 0.3) is 0 Å². The summed E-state index contributed by atoms with van der Waals surface area (Å²) in [6.45, 7) is 2.00. The number of hydrogen-bond acceptors (Lipinski definition) is 1. The maximum absolute atomic E-state index is 5.54. The third-order valence-corrected chi connectivity index (χ3v) is 1.22. The lowest BCUT2D eigenvalue weighted by molar-refractivity contribution is -0.893. The van der Waals surface area contributed by atoms with Crippen molar-refractivity contribution in [1.29, 1.82) is 0 Å². The van der Waals surface area contributed by atoms with Crippen molar-refractivity contribution in [3.8, 4) is 0 Å². The van der Waals surface area contributed by atoms with Crippen LogP contribution in [0.15, 0.2) is 0 Å². The Morgan fingerprint density at radius 1 is 1.22 bits per heavy atom. The summed E-state index contributed by atoms with van der Waals surface area (Å²) in [7, 11) is 6.22. The summed E-state index contributed by atoms with van der Waals surface area (Å²) < 4.78 is 0.833. The first kappa shape index (κ1) is 16.2. The second-order valence-corrected chi connectivity index (χ2v) is 2.86. The lowest BCUT2D eigenvalue weighted by Gasteiger charge is -2.27. The Kier molecular flexibility index (Phi) is 9.56. The summed E-state index contributed by atoms with van der Waals surface area (Å²) in [5.41, 5.74) is 5.54. The number of rotatable bonds is 1. The Balaban J connectivity index is -0.000000180. The first-order valence-electron chi connectivity index (χ1n) is 2.51. The van der Waals surface area contributed by atoms with Gasteiger partial charge in [0.2, 0.25) is 0 Å². The molecule has 2 N–H and O–H groups in total. The van der Waals surface area contributed by atoms with E-state index >= 15 is 0 Å². The minimum absolute atomic E-state index is 0. The molecule has 0 aliphatic heterocycles. The predicted octanol–water partition coefficient (Wildman–Crippen LogP) is -2.58. The molecule has 0 aromatic carbocycles. The van der Waals surface area contributed by atoms with Crippen LogP contribution in [0.2, 0.25) is 0 Å². The van der Waals surface area contributed by atoms with Gasteiger partial charge in [0.15, 0.2) is 0 Å². The highest BCUT2D eigenvalue weighted by molar-refractivity contribution is 5.85. The molecule has 0 aliphatic rings. The van der Waals surface area contributed by atoms with E-state index in [0.29, 0.717) is 0 Å². The molecule has 0 saturated carbocycles. The van der Waals surface area contributed by atoms with E-state index in [2.05, 4.69) is 21.1 Å². The zero-order valence-electron chi connectivity index (χ0n) is 6.39. The Bertz CT molecular complexity index is 58.5. The molecule has 0 spiro atoms. The van der Waals surface area contributed by atoms with Gasteiger partial charge in [-0.15, -0.1) is 12.4 Å². The van der Waals surface area contributed by atoms with Crippen LogP contribution in [0.4, 0.5) is 0 Å². The van der Waals surface area contributed by atoms with Crippen LogP contribution in [0, 0.1) is 0 Å². The highest BCUT2D eigenvalue weighted by atomic mass is 35.5. The molecule has 1 atom stereocenters. The van der Waals surface area contributed by atoms with Crippen LogP contribution in [0.25, 0.3) is 0 Å². The molecule has 60 valence electrons. The van der Waals surface area contributed by atoms with Crippen molar-refractivity contribution in [2.75, 3.05) is 21.1 Å². The SMILES string of the molecule is CC(N)[N+](C)(C)C.Cl.[Cl-]. The smallest absolute Gasteiger partial charge is 0.136 e. The van der Waals surface area contributed by atoms with Crippen molar-refractivity contribution in [1.82, 2.24) is 0 Å². The molecule has 0 saturated heterocycles. The van der Waals surface area contributed by atoms with Gasteiger partial charge in [-0.1, -0.05) is 0 Å². The predicted molar refractivity (Wildman–Crippen MR) is 38.9 cm³/mol. The molecule has 0 fully saturated rings. The van der Waals surface area contributed by atoms with Crippen LogP contribution < -0.4 is 18.1 Å². The Hall–Kier alpha value is 0.500. The fourth-order valence-electron chi connectivity index (χ4n) is 0. The minimum Gasteiger partial charge on any atom is -1.00 e. The van der Waals surface area contributed by atoms with E-state index in [1.807, 2.05) is 6.92 Å². The van der Waals surface area contributed by atoms with E-state index in [0.717, 1.165) is 4.48 Å². The number of nitrogens with zero attached hydrogens (tertiary/aromatic N) is 1. The molecule has 0 aromatic heterocycles. The van der Waals surface area contributed by atoms with Crippen molar-refractivity contribution in [3.05, 3.63) is 0 Å². The second kappa shape index (κ2) is 5.30. The third kappa shape index (κ3) is 8.50. The van der Waals surface area contributed by atoms with Crippen molar-refractivity contribution in [3.63, 3.8) is 0 Å². The topological polar surface area (TPSA) is 26.0 Å². The largest absolute Gasteiger partial charge is 1.00 e. The molecule has 0 aromatic rings. The van der Waals surface area contributed by atoms with E-state index in [1.54, 1.807) is 0 Å². The molecule has 4 heteroatoms. The van der Waals surface area contributed by atoms with Crippen LogP contribution >= 0.6 is 12.4 Å². The molecule has 2 nitrogen and oxygen atoms in total. The molecule has 0 aliphatic carbocycles. The van der Waals surface area contributed by atoms with Gasteiger partial charge in [0, 0.05) is 6.92 Å². The molecular weight excluding hydrogens is 159 g/mol. The van der Waals surface area contributed by atoms with E-state index in [9.17, 15) is 0 Å². The van der Waals surface area contributed by atoms with Gasteiger partial charge >= 0.3 is 0 Å². The Morgan fingerprint density at radius 3 is 1.33 bits per heavy atom. The first-order chi connectivity index (χ1) is 2.94. The van der Waals surface area contributed by atoms with Crippen molar-refractivity contribution in [2.45, 2.75) is 13.1 Å². The van der Waals surface area contributed by atoms with Crippen LogP contribution in [-0.2, 0) is 0 Å². The van der Waals surface area contributed by atoms with Gasteiger partial charge in [-0.2, -0.15) is 0 Å². The fourth-order valence-corrected chi connectivity index (χ4v) is 0. The molecule has 0 radical (unpaired) electrons. The fraction of sp³-hybridized carbons (Fsp3) is 1.00. The third-order valence-electron chi connectivity index (χ3n) is 1.22. The van der Waals surface area contributed by atoms with E-state index in [1.165, 1.54) is 0 Å². The summed E-state index contributed by atoms with van der Waals surface area (Å²) >= 11 is 0. The Labute approximate surface area is 69.8 Å². The van der Waals surface area contributed by atoms with Crippen LogP contribution in [-0.4, -0.2) is 31.8 Å². The molecule has 9 heavy (non-hydrogen) atoms. The highest BCUT2D eigenvalue weighted by Crippen LogP contribution is 1.91. The lowest BCUT2D eigenvalue weighted by Crippen LogP contribution is -3.00. The van der Waals surface area contributed by atoms with Crippen molar-refractivity contribution >= 4 is 12.4 Å². The van der Waals surface area contributed by atoms with E-state index < -0.39 is 0 Å². The number of hydrogen-bond donors (Lipinski definition) is 1. The zero-order valence-corrected chi connectivity index (χ0v) is 7.96. The van der Waals surface area contributed by atoms with Crippen molar-refractivity contribution in [2.24, 2.45) is 5.73 Å². The Morgan fingerprint density at radius 2 is 1.33 bits per heavy atom. The van der Waals surface area contributed by atoms with Gasteiger partial charge in [-0.05, 0) is 0 Å².